The van der Waals surface area contributed by atoms with Gasteiger partial charge < -0.3 is 9.47 Å². The first-order chi connectivity index (χ1) is 6.72. The quantitative estimate of drug-likeness (QED) is 0.781. The molecule has 0 amide bonds. The fourth-order valence-electron chi connectivity index (χ4n) is 1.17. The first-order valence-electron chi connectivity index (χ1n) is 3.95. The number of methoxy groups -OCH3 is 2. The Morgan fingerprint density at radius 2 is 2.00 bits per heavy atom. The number of halogens is 1. The molecule has 4 nitrogen and oxygen atoms in total. The van der Waals surface area contributed by atoms with Crippen LogP contribution in [0.5, 0.6) is 11.5 Å². The molecule has 78 valence electrons. The van der Waals surface area contributed by atoms with Crippen LogP contribution in [0.25, 0.3) is 0 Å². The summed E-state index contributed by atoms with van der Waals surface area (Å²) in [4.78, 5) is 4.53. The number of hydrogen-bond donors (Lipinski definition) is 1. The molecule has 1 aromatic carbocycles. The molecule has 14 heavy (non-hydrogen) atoms. The van der Waals surface area contributed by atoms with Crippen LogP contribution in [-0.4, -0.2) is 14.2 Å². The molecule has 0 aliphatic carbocycles. The molecular formula is C9H12ClNO3. The van der Waals surface area contributed by atoms with E-state index in [1.54, 1.807) is 19.2 Å². The van der Waals surface area contributed by atoms with E-state index in [0.717, 1.165) is 5.56 Å². The second-order valence-corrected chi connectivity index (χ2v) is 3.02. The molecule has 1 rings (SSSR count). The molecule has 0 radical (unpaired) electrons. The predicted octanol–water partition coefficient (Wildman–Crippen LogP) is 1.75. The number of rotatable bonds is 4. The van der Waals surface area contributed by atoms with Crippen molar-refractivity contribution in [3.05, 3.63) is 22.7 Å². The van der Waals surface area contributed by atoms with Gasteiger partial charge in [0.15, 0.2) is 0 Å². The van der Waals surface area contributed by atoms with Gasteiger partial charge in [-0.15, -0.1) is 0 Å². The number of hydrogen-bond acceptors (Lipinski definition) is 4. The van der Waals surface area contributed by atoms with Crippen LogP contribution in [-0.2, 0) is 11.4 Å². The Balaban J connectivity index is 3.13. The maximum Gasteiger partial charge on any atom is 0.143 e. The second-order valence-electron chi connectivity index (χ2n) is 2.61. The molecule has 5 heteroatoms. The van der Waals surface area contributed by atoms with Gasteiger partial charge in [0.25, 0.3) is 0 Å². The van der Waals surface area contributed by atoms with Gasteiger partial charge in [0.05, 0.1) is 25.8 Å². The lowest BCUT2D eigenvalue weighted by Gasteiger charge is -2.11. The summed E-state index contributed by atoms with van der Waals surface area (Å²) in [7, 11) is 3.10. The maximum absolute atomic E-state index is 5.95. The van der Waals surface area contributed by atoms with Crippen molar-refractivity contribution in [3.63, 3.8) is 0 Å². The molecule has 0 saturated heterocycles. The first-order valence-corrected chi connectivity index (χ1v) is 4.32. The first kappa shape index (κ1) is 11.1. The molecule has 0 spiro atoms. The molecule has 0 atom stereocenters. The zero-order valence-electron chi connectivity index (χ0n) is 8.04. The number of benzene rings is 1. The molecule has 1 aromatic rings. The Bertz CT molecular complexity index is 317. The molecular weight excluding hydrogens is 206 g/mol. The van der Waals surface area contributed by atoms with E-state index in [2.05, 4.69) is 4.84 Å². The number of nitrogens with two attached hydrogens (primary N) is 1. The lowest BCUT2D eigenvalue weighted by atomic mass is 10.2. The summed E-state index contributed by atoms with van der Waals surface area (Å²) in [5, 5.41) is 0.471. The fourth-order valence-corrected chi connectivity index (χ4v) is 1.47. The lowest BCUT2D eigenvalue weighted by molar-refractivity contribution is 0.122. The SMILES string of the molecule is COc1cc(Cl)c(OC)c(CON)c1. The third-order valence-corrected chi connectivity index (χ3v) is 2.05. The Labute approximate surface area is 87.5 Å². The summed E-state index contributed by atoms with van der Waals surface area (Å²) in [6.07, 6.45) is 0. The smallest absolute Gasteiger partial charge is 0.143 e. The van der Waals surface area contributed by atoms with Crippen LogP contribution in [0.15, 0.2) is 12.1 Å². The minimum absolute atomic E-state index is 0.222. The van der Waals surface area contributed by atoms with E-state index in [4.69, 9.17) is 27.0 Å². The van der Waals surface area contributed by atoms with Crippen LogP contribution in [0.4, 0.5) is 0 Å². The van der Waals surface area contributed by atoms with Gasteiger partial charge in [-0.3, -0.25) is 4.84 Å². The van der Waals surface area contributed by atoms with Crippen LogP contribution in [0.2, 0.25) is 5.02 Å². The van der Waals surface area contributed by atoms with Crippen LogP contribution in [0.3, 0.4) is 0 Å². The Morgan fingerprint density at radius 1 is 1.29 bits per heavy atom. The van der Waals surface area contributed by atoms with Crippen molar-refractivity contribution in [1.29, 1.82) is 0 Å². The van der Waals surface area contributed by atoms with Crippen molar-refractivity contribution in [1.82, 2.24) is 0 Å². The van der Waals surface area contributed by atoms with Gasteiger partial charge in [0.1, 0.15) is 11.5 Å². The molecule has 0 aromatic heterocycles. The van der Waals surface area contributed by atoms with Gasteiger partial charge in [-0.2, -0.15) is 0 Å². The summed E-state index contributed by atoms with van der Waals surface area (Å²) in [5.41, 5.74) is 0.749. The Hall–Kier alpha value is -0.970. The van der Waals surface area contributed by atoms with Gasteiger partial charge in [-0.05, 0) is 6.07 Å². The highest BCUT2D eigenvalue weighted by Gasteiger charge is 2.10. The van der Waals surface area contributed by atoms with Crippen LogP contribution >= 0.6 is 11.6 Å². The van der Waals surface area contributed by atoms with Gasteiger partial charge in [-0.1, -0.05) is 11.6 Å². The van der Waals surface area contributed by atoms with Crippen LogP contribution in [0, 0.1) is 0 Å². The van der Waals surface area contributed by atoms with Crippen LogP contribution < -0.4 is 15.4 Å². The second kappa shape index (κ2) is 5.05. The standard InChI is InChI=1S/C9H12ClNO3/c1-12-7-3-6(5-14-11)9(13-2)8(10)4-7/h3-4H,5,11H2,1-2H3. The van der Waals surface area contributed by atoms with E-state index in [1.807, 2.05) is 0 Å². The van der Waals surface area contributed by atoms with E-state index in [1.165, 1.54) is 7.11 Å². The third kappa shape index (κ3) is 2.29. The highest BCUT2D eigenvalue weighted by Crippen LogP contribution is 2.33. The largest absolute Gasteiger partial charge is 0.497 e. The zero-order valence-corrected chi connectivity index (χ0v) is 8.80. The molecule has 0 aliphatic heterocycles. The minimum atomic E-state index is 0.222. The van der Waals surface area contributed by atoms with Gasteiger partial charge in [0.2, 0.25) is 0 Å². The lowest BCUT2D eigenvalue weighted by Crippen LogP contribution is -2.02. The van der Waals surface area contributed by atoms with Crippen molar-refractivity contribution in [2.75, 3.05) is 14.2 Å². The van der Waals surface area contributed by atoms with Crippen molar-refractivity contribution < 1.29 is 14.3 Å². The Kier molecular flexibility index (Phi) is 4.00. The van der Waals surface area contributed by atoms with E-state index in [0.29, 0.717) is 16.5 Å². The summed E-state index contributed by atoms with van der Waals surface area (Å²) in [6, 6.07) is 3.43. The molecule has 0 heterocycles. The summed E-state index contributed by atoms with van der Waals surface area (Å²) >= 11 is 5.95. The van der Waals surface area contributed by atoms with E-state index >= 15 is 0 Å². The van der Waals surface area contributed by atoms with E-state index in [-0.39, 0.29) is 6.61 Å². The molecule has 0 aliphatic rings. The van der Waals surface area contributed by atoms with Crippen molar-refractivity contribution in [3.8, 4) is 11.5 Å². The molecule has 0 fully saturated rings. The predicted molar refractivity (Wildman–Crippen MR) is 53.5 cm³/mol. The monoisotopic (exact) mass is 217 g/mol. The average molecular weight is 218 g/mol. The van der Waals surface area contributed by atoms with Crippen molar-refractivity contribution in [2.45, 2.75) is 6.61 Å². The normalized spacial score (nSPS) is 10.0. The third-order valence-electron chi connectivity index (χ3n) is 1.77. The van der Waals surface area contributed by atoms with Crippen molar-refractivity contribution >= 4 is 11.6 Å². The zero-order chi connectivity index (χ0) is 10.6. The maximum atomic E-state index is 5.95. The molecule has 0 bridgehead atoms. The number of ether oxygens (including phenoxy) is 2. The summed E-state index contributed by atoms with van der Waals surface area (Å²) in [5.74, 6) is 6.18. The van der Waals surface area contributed by atoms with Gasteiger partial charge >= 0.3 is 0 Å². The highest BCUT2D eigenvalue weighted by atomic mass is 35.5. The Morgan fingerprint density at radius 3 is 2.50 bits per heavy atom. The molecule has 0 unspecified atom stereocenters. The highest BCUT2D eigenvalue weighted by molar-refractivity contribution is 6.32. The molecule has 2 N–H and O–H groups in total. The minimum Gasteiger partial charge on any atom is -0.497 e. The van der Waals surface area contributed by atoms with Gasteiger partial charge in [-0.25, -0.2) is 5.90 Å². The van der Waals surface area contributed by atoms with Gasteiger partial charge in [0, 0.05) is 11.6 Å². The molecule has 0 saturated carbocycles. The van der Waals surface area contributed by atoms with Crippen molar-refractivity contribution in [2.24, 2.45) is 5.90 Å². The average Bonchev–Trinajstić information content (AvgIpc) is 2.18. The topological polar surface area (TPSA) is 53.7 Å². The fraction of sp³-hybridized carbons (Fsp3) is 0.333. The van der Waals surface area contributed by atoms with E-state index in [9.17, 15) is 0 Å². The van der Waals surface area contributed by atoms with E-state index < -0.39 is 0 Å². The summed E-state index contributed by atoms with van der Waals surface area (Å²) < 4.78 is 10.2. The summed E-state index contributed by atoms with van der Waals surface area (Å²) in [6.45, 7) is 0.222. The van der Waals surface area contributed by atoms with Crippen LogP contribution in [0.1, 0.15) is 5.56 Å².